The number of hydrogen-bond acceptors (Lipinski definition) is 3. The molecule has 1 aliphatic heterocycles. The quantitative estimate of drug-likeness (QED) is 0.913. The highest BCUT2D eigenvalue weighted by molar-refractivity contribution is 6.31. The molecule has 0 radical (unpaired) electrons. The maximum atomic E-state index is 8.78. The van der Waals surface area contributed by atoms with Crippen molar-refractivity contribution in [1.82, 2.24) is 5.32 Å². The van der Waals surface area contributed by atoms with Crippen LogP contribution in [0.1, 0.15) is 24.5 Å². The molecule has 18 heavy (non-hydrogen) atoms. The summed E-state index contributed by atoms with van der Waals surface area (Å²) in [6.07, 6.45) is 1.04. The number of nitrogens with one attached hydrogen (secondary N) is 1. The molecule has 2 unspecified atom stereocenters. The second kappa shape index (κ2) is 6.19. The molecular weight excluding hydrogens is 248 g/mol. The van der Waals surface area contributed by atoms with E-state index in [4.69, 9.17) is 21.6 Å². The van der Waals surface area contributed by atoms with Crippen LogP contribution in [-0.2, 0) is 11.3 Å². The maximum Gasteiger partial charge on any atom is 0.0992 e. The van der Waals surface area contributed by atoms with E-state index in [0.29, 0.717) is 22.5 Å². The molecule has 0 aliphatic carbocycles. The van der Waals surface area contributed by atoms with E-state index in [2.05, 4.69) is 18.3 Å². The number of nitrogens with zero attached hydrogens (tertiary/aromatic N) is 1. The van der Waals surface area contributed by atoms with Crippen LogP contribution >= 0.6 is 11.6 Å². The van der Waals surface area contributed by atoms with Gasteiger partial charge in [0.05, 0.1) is 18.2 Å². The zero-order valence-electron chi connectivity index (χ0n) is 10.4. The van der Waals surface area contributed by atoms with Crippen molar-refractivity contribution in [2.75, 3.05) is 13.2 Å². The molecule has 1 saturated heterocycles. The van der Waals surface area contributed by atoms with Crippen molar-refractivity contribution in [3.8, 4) is 6.07 Å². The van der Waals surface area contributed by atoms with Gasteiger partial charge in [0.1, 0.15) is 0 Å². The van der Waals surface area contributed by atoms with Crippen LogP contribution in [0.4, 0.5) is 0 Å². The Labute approximate surface area is 113 Å². The first-order valence-electron chi connectivity index (χ1n) is 6.20. The fourth-order valence-corrected chi connectivity index (χ4v) is 2.43. The Kier molecular flexibility index (Phi) is 4.60. The van der Waals surface area contributed by atoms with Crippen LogP contribution in [0.25, 0.3) is 0 Å². The lowest BCUT2D eigenvalue weighted by Gasteiger charge is -2.29. The highest BCUT2D eigenvalue weighted by Crippen LogP contribution is 2.19. The Morgan fingerprint density at radius 3 is 3.06 bits per heavy atom. The largest absolute Gasteiger partial charge is 0.381 e. The minimum Gasteiger partial charge on any atom is -0.381 e. The molecule has 1 heterocycles. The average Bonchev–Trinajstić information content (AvgIpc) is 2.39. The molecule has 1 aromatic rings. The van der Waals surface area contributed by atoms with Crippen LogP contribution in [0.5, 0.6) is 0 Å². The van der Waals surface area contributed by atoms with Crippen molar-refractivity contribution >= 4 is 11.6 Å². The average molecular weight is 265 g/mol. The number of nitriles is 1. The highest BCUT2D eigenvalue weighted by Gasteiger charge is 2.21. The molecule has 4 heteroatoms. The zero-order valence-corrected chi connectivity index (χ0v) is 11.2. The summed E-state index contributed by atoms with van der Waals surface area (Å²) in [7, 11) is 0. The summed E-state index contributed by atoms with van der Waals surface area (Å²) < 4.78 is 5.42. The monoisotopic (exact) mass is 264 g/mol. The lowest BCUT2D eigenvalue weighted by molar-refractivity contribution is 0.0386. The first-order chi connectivity index (χ1) is 8.70. The Morgan fingerprint density at radius 1 is 1.56 bits per heavy atom. The standard InChI is InChI=1S/C14H17ClN2O/c1-10-9-18-5-4-14(10)17-8-12-3-2-11(7-16)6-13(12)15/h2-3,6,10,14,17H,4-5,8-9H2,1H3. The van der Waals surface area contributed by atoms with E-state index in [0.717, 1.165) is 31.7 Å². The molecule has 1 N–H and O–H groups in total. The van der Waals surface area contributed by atoms with Gasteiger partial charge in [-0.1, -0.05) is 24.6 Å². The molecule has 1 aromatic carbocycles. The van der Waals surface area contributed by atoms with Gasteiger partial charge in [0, 0.05) is 24.2 Å². The van der Waals surface area contributed by atoms with Crippen molar-refractivity contribution in [1.29, 1.82) is 5.26 Å². The number of hydrogen-bond donors (Lipinski definition) is 1. The summed E-state index contributed by atoms with van der Waals surface area (Å²) in [6, 6.07) is 7.99. The smallest absolute Gasteiger partial charge is 0.0992 e. The van der Waals surface area contributed by atoms with E-state index in [1.165, 1.54) is 0 Å². The normalized spacial score (nSPS) is 23.6. The highest BCUT2D eigenvalue weighted by atomic mass is 35.5. The minimum absolute atomic E-state index is 0.477. The van der Waals surface area contributed by atoms with Gasteiger partial charge in [0.15, 0.2) is 0 Å². The van der Waals surface area contributed by atoms with E-state index in [1.54, 1.807) is 12.1 Å². The second-order valence-corrected chi connectivity index (χ2v) is 5.15. The number of ether oxygens (including phenoxy) is 1. The zero-order chi connectivity index (χ0) is 13.0. The molecule has 0 spiro atoms. The van der Waals surface area contributed by atoms with Gasteiger partial charge in [-0.2, -0.15) is 5.26 Å². The fraction of sp³-hybridized carbons (Fsp3) is 0.500. The van der Waals surface area contributed by atoms with Gasteiger partial charge >= 0.3 is 0 Å². The lowest BCUT2D eigenvalue weighted by Crippen LogP contribution is -2.41. The summed E-state index contributed by atoms with van der Waals surface area (Å²) in [6.45, 7) is 4.57. The Hall–Kier alpha value is -1.08. The number of benzene rings is 1. The van der Waals surface area contributed by atoms with Gasteiger partial charge in [-0.3, -0.25) is 0 Å². The van der Waals surface area contributed by atoms with E-state index >= 15 is 0 Å². The van der Waals surface area contributed by atoms with Gasteiger partial charge in [-0.25, -0.2) is 0 Å². The number of rotatable bonds is 3. The Morgan fingerprint density at radius 2 is 2.39 bits per heavy atom. The van der Waals surface area contributed by atoms with Crippen molar-refractivity contribution in [3.63, 3.8) is 0 Å². The van der Waals surface area contributed by atoms with Crippen molar-refractivity contribution in [2.24, 2.45) is 5.92 Å². The first kappa shape index (κ1) is 13.4. The van der Waals surface area contributed by atoms with Crippen molar-refractivity contribution in [3.05, 3.63) is 34.3 Å². The van der Waals surface area contributed by atoms with E-state index in [9.17, 15) is 0 Å². The third-order valence-electron chi connectivity index (χ3n) is 3.38. The van der Waals surface area contributed by atoms with Gasteiger partial charge in [0.2, 0.25) is 0 Å². The van der Waals surface area contributed by atoms with Crippen LogP contribution in [0, 0.1) is 17.2 Å². The molecule has 2 atom stereocenters. The summed E-state index contributed by atoms with van der Waals surface area (Å²) in [5.41, 5.74) is 1.64. The molecule has 0 saturated carbocycles. The van der Waals surface area contributed by atoms with Crippen LogP contribution in [-0.4, -0.2) is 19.3 Å². The summed E-state index contributed by atoms with van der Waals surface area (Å²) in [5.74, 6) is 0.524. The topological polar surface area (TPSA) is 45.0 Å². The van der Waals surface area contributed by atoms with Crippen LogP contribution in [0.15, 0.2) is 18.2 Å². The number of halogens is 1. The molecule has 3 nitrogen and oxygen atoms in total. The second-order valence-electron chi connectivity index (χ2n) is 4.75. The van der Waals surface area contributed by atoms with Gasteiger partial charge < -0.3 is 10.1 Å². The van der Waals surface area contributed by atoms with Crippen molar-refractivity contribution in [2.45, 2.75) is 25.9 Å². The molecule has 1 aliphatic rings. The summed E-state index contributed by atoms with van der Waals surface area (Å²) in [5, 5.41) is 13.0. The maximum absolute atomic E-state index is 8.78. The lowest BCUT2D eigenvalue weighted by atomic mass is 9.97. The predicted octanol–water partition coefficient (Wildman–Crippen LogP) is 2.73. The molecule has 2 rings (SSSR count). The first-order valence-corrected chi connectivity index (χ1v) is 6.58. The predicted molar refractivity (Wildman–Crippen MR) is 71.4 cm³/mol. The van der Waals surface area contributed by atoms with Gasteiger partial charge in [-0.15, -0.1) is 0 Å². The molecule has 0 bridgehead atoms. The molecular formula is C14H17ClN2O. The molecule has 96 valence electrons. The fourth-order valence-electron chi connectivity index (χ4n) is 2.18. The van der Waals surface area contributed by atoms with Crippen LogP contribution in [0.3, 0.4) is 0 Å². The molecule has 1 fully saturated rings. The Balaban J connectivity index is 1.95. The van der Waals surface area contributed by atoms with E-state index < -0.39 is 0 Å². The van der Waals surface area contributed by atoms with Gasteiger partial charge in [-0.05, 0) is 30.0 Å². The Bertz CT molecular complexity index is 456. The molecule has 0 aromatic heterocycles. The SMILES string of the molecule is CC1COCCC1NCc1ccc(C#N)cc1Cl. The summed E-state index contributed by atoms with van der Waals surface area (Å²) >= 11 is 6.15. The van der Waals surface area contributed by atoms with E-state index in [-0.39, 0.29) is 0 Å². The summed E-state index contributed by atoms with van der Waals surface area (Å²) in [4.78, 5) is 0. The third kappa shape index (κ3) is 3.23. The third-order valence-corrected chi connectivity index (χ3v) is 3.73. The van der Waals surface area contributed by atoms with E-state index in [1.807, 2.05) is 6.07 Å². The van der Waals surface area contributed by atoms with Crippen molar-refractivity contribution < 1.29 is 4.74 Å². The van der Waals surface area contributed by atoms with Gasteiger partial charge in [0.25, 0.3) is 0 Å². The van der Waals surface area contributed by atoms with Crippen LogP contribution in [0.2, 0.25) is 5.02 Å². The minimum atomic E-state index is 0.477. The molecule has 0 amide bonds. The van der Waals surface area contributed by atoms with Crippen LogP contribution < -0.4 is 5.32 Å².